The Hall–Kier alpha value is -2.99. The zero-order chi connectivity index (χ0) is 22.4. The topological polar surface area (TPSA) is 60.8 Å². The van der Waals surface area contributed by atoms with Crippen molar-refractivity contribution >= 4 is 16.5 Å². The molecule has 0 saturated carbocycles. The standard InChI is InChI=1S/C27H32N3O3/c1-31-23-7-6-19-14-22-20-16-25-24(32-17-33-25)15-18(20)8-13-30(22)21-9-12-29(27(23)26(19)21)11-5-3-2-4-10-28/h6-7,14-16H,2-5,8-13,17,28H2,1H3/q+1. The van der Waals surface area contributed by atoms with Gasteiger partial charge in [-0.1, -0.05) is 18.9 Å². The molecule has 3 aliphatic heterocycles. The molecule has 0 unspecified atom stereocenters. The van der Waals surface area contributed by atoms with Crippen molar-refractivity contribution in [2.24, 2.45) is 5.73 Å². The molecule has 172 valence electrons. The van der Waals surface area contributed by atoms with E-state index in [4.69, 9.17) is 19.9 Å². The molecular weight excluding hydrogens is 414 g/mol. The summed E-state index contributed by atoms with van der Waals surface area (Å²) in [6, 6.07) is 11.0. The number of nitrogens with two attached hydrogens (primary N) is 1. The number of fused-ring (bicyclic) bond motifs is 5. The molecule has 2 aromatic carbocycles. The molecule has 0 saturated heterocycles. The van der Waals surface area contributed by atoms with E-state index in [2.05, 4.69) is 39.8 Å². The van der Waals surface area contributed by atoms with Gasteiger partial charge < -0.3 is 24.8 Å². The van der Waals surface area contributed by atoms with E-state index in [1.165, 1.54) is 58.2 Å². The lowest BCUT2D eigenvalue weighted by Gasteiger charge is -2.32. The number of methoxy groups -OCH3 is 1. The summed E-state index contributed by atoms with van der Waals surface area (Å²) in [5.41, 5.74) is 12.3. The fourth-order valence-corrected chi connectivity index (χ4v) is 5.77. The summed E-state index contributed by atoms with van der Waals surface area (Å²) in [6.45, 7) is 4.18. The van der Waals surface area contributed by atoms with Crippen LogP contribution in [0.2, 0.25) is 0 Å². The van der Waals surface area contributed by atoms with Crippen LogP contribution in [0.15, 0.2) is 30.3 Å². The maximum Gasteiger partial charge on any atom is 0.231 e. The van der Waals surface area contributed by atoms with Crippen LogP contribution in [0, 0.1) is 0 Å². The smallest absolute Gasteiger partial charge is 0.231 e. The molecule has 2 N–H and O–H groups in total. The van der Waals surface area contributed by atoms with E-state index in [9.17, 15) is 0 Å². The highest BCUT2D eigenvalue weighted by atomic mass is 16.7. The van der Waals surface area contributed by atoms with E-state index in [-0.39, 0.29) is 0 Å². The van der Waals surface area contributed by atoms with E-state index in [1.54, 1.807) is 7.11 Å². The van der Waals surface area contributed by atoms with Crippen molar-refractivity contribution < 1.29 is 18.8 Å². The summed E-state index contributed by atoms with van der Waals surface area (Å²) in [4.78, 5) is 2.54. The molecule has 3 aromatic rings. The fraction of sp³-hybridized carbons (Fsp3) is 0.444. The van der Waals surface area contributed by atoms with Gasteiger partial charge in [-0.3, -0.25) is 0 Å². The maximum atomic E-state index is 5.86. The number of ether oxygens (including phenoxy) is 3. The number of pyridine rings is 1. The van der Waals surface area contributed by atoms with Crippen molar-refractivity contribution in [2.45, 2.75) is 45.1 Å². The quantitative estimate of drug-likeness (QED) is 0.440. The Morgan fingerprint density at radius 1 is 1.03 bits per heavy atom. The molecule has 0 atom stereocenters. The van der Waals surface area contributed by atoms with Crippen LogP contribution in [0.3, 0.4) is 0 Å². The van der Waals surface area contributed by atoms with Crippen molar-refractivity contribution in [3.63, 3.8) is 0 Å². The second kappa shape index (κ2) is 8.41. The second-order valence-electron chi connectivity index (χ2n) is 9.26. The third-order valence-electron chi connectivity index (χ3n) is 7.39. The highest BCUT2D eigenvalue weighted by Gasteiger charge is 2.35. The van der Waals surface area contributed by atoms with Crippen molar-refractivity contribution in [1.82, 2.24) is 0 Å². The number of nitrogens with zero attached hydrogens (tertiary/aromatic N) is 2. The number of hydrogen-bond acceptors (Lipinski definition) is 5. The van der Waals surface area contributed by atoms with Crippen molar-refractivity contribution in [3.05, 3.63) is 41.6 Å². The lowest BCUT2D eigenvalue weighted by molar-refractivity contribution is -0.693. The zero-order valence-corrected chi connectivity index (χ0v) is 19.4. The van der Waals surface area contributed by atoms with Gasteiger partial charge in [-0.15, -0.1) is 0 Å². The third kappa shape index (κ3) is 3.39. The predicted octanol–water partition coefficient (Wildman–Crippen LogP) is 3.97. The van der Waals surface area contributed by atoms with E-state index < -0.39 is 0 Å². The molecule has 0 spiro atoms. The van der Waals surface area contributed by atoms with Gasteiger partial charge in [0.1, 0.15) is 5.75 Å². The number of aryl methyl sites for hydroxylation is 1. The summed E-state index contributed by atoms with van der Waals surface area (Å²) in [5, 5.41) is 2.64. The first-order valence-corrected chi connectivity index (χ1v) is 12.2. The van der Waals surface area contributed by atoms with E-state index >= 15 is 0 Å². The molecule has 6 rings (SSSR count). The molecule has 1 aromatic heterocycles. The monoisotopic (exact) mass is 446 g/mol. The van der Waals surface area contributed by atoms with Gasteiger partial charge in [-0.05, 0) is 48.5 Å². The molecule has 0 amide bonds. The molecule has 3 aliphatic rings. The van der Waals surface area contributed by atoms with E-state index in [0.29, 0.717) is 6.79 Å². The van der Waals surface area contributed by atoms with Gasteiger partial charge in [0, 0.05) is 25.6 Å². The largest absolute Gasteiger partial charge is 0.495 e. The average molecular weight is 447 g/mol. The number of aromatic nitrogens is 1. The Labute approximate surface area is 194 Å². The summed E-state index contributed by atoms with van der Waals surface area (Å²) in [7, 11) is 1.79. The second-order valence-corrected chi connectivity index (χ2v) is 9.26. The normalized spacial score (nSPS) is 15.5. The van der Waals surface area contributed by atoms with Crippen LogP contribution in [0.5, 0.6) is 17.2 Å². The lowest BCUT2D eigenvalue weighted by atomic mass is 9.91. The van der Waals surface area contributed by atoms with Crippen LogP contribution < -0.4 is 29.4 Å². The van der Waals surface area contributed by atoms with Crippen LogP contribution in [-0.2, 0) is 19.4 Å². The molecule has 0 bridgehead atoms. The molecule has 0 aliphatic carbocycles. The Bertz CT molecular complexity index is 1220. The Balaban J connectivity index is 1.44. The SMILES string of the molecule is COc1ccc2cc3[n+](c4c2c1N(CCCCCCN)CC4)CCc1cc2c(cc1-3)OCO2. The van der Waals surface area contributed by atoms with Gasteiger partial charge in [-0.2, -0.15) is 4.57 Å². The number of benzene rings is 2. The van der Waals surface area contributed by atoms with Gasteiger partial charge >= 0.3 is 0 Å². The van der Waals surface area contributed by atoms with Gasteiger partial charge in [0.15, 0.2) is 23.7 Å². The fourth-order valence-electron chi connectivity index (χ4n) is 5.77. The van der Waals surface area contributed by atoms with Crippen LogP contribution in [0.25, 0.3) is 22.0 Å². The molecule has 0 radical (unpaired) electrons. The van der Waals surface area contributed by atoms with Crippen LogP contribution >= 0.6 is 0 Å². The lowest BCUT2D eigenvalue weighted by Crippen LogP contribution is -2.47. The minimum Gasteiger partial charge on any atom is -0.495 e. The van der Waals surface area contributed by atoms with Gasteiger partial charge in [0.25, 0.3) is 0 Å². The first-order valence-electron chi connectivity index (χ1n) is 12.2. The number of unbranched alkanes of at least 4 members (excludes halogenated alkanes) is 3. The van der Waals surface area contributed by atoms with Crippen LogP contribution in [0.1, 0.15) is 36.9 Å². The number of anilines is 1. The summed E-state index contributed by atoms with van der Waals surface area (Å²) in [6.07, 6.45) is 6.80. The Morgan fingerprint density at radius 2 is 1.88 bits per heavy atom. The zero-order valence-electron chi connectivity index (χ0n) is 19.4. The van der Waals surface area contributed by atoms with E-state index in [0.717, 1.165) is 62.7 Å². The van der Waals surface area contributed by atoms with Gasteiger partial charge in [-0.25, -0.2) is 0 Å². The predicted molar refractivity (Wildman–Crippen MR) is 129 cm³/mol. The first-order chi connectivity index (χ1) is 16.3. The summed E-state index contributed by atoms with van der Waals surface area (Å²) in [5.74, 6) is 2.70. The average Bonchev–Trinajstić information content (AvgIpc) is 3.31. The van der Waals surface area contributed by atoms with Crippen molar-refractivity contribution in [3.8, 4) is 28.5 Å². The number of rotatable bonds is 7. The highest BCUT2D eigenvalue weighted by molar-refractivity contribution is 6.00. The molecule has 0 fully saturated rings. The molecule has 4 heterocycles. The minimum atomic E-state index is 0.312. The third-order valence-corrected chi connectivity index (χ3v) is 7.39. The van der Waals surface area contributed by atoms with Crippen LogP contribution in [-0.4, -0.2) is 33.5 Å². The van der Waals surface area contributed by atoms with Crippen molar-refractivity contribution in [1.29, 1.82) is 0 Å². The van der Waals surface area contributed by atoms with Gasteiger partial charge in [0.2, 0.25) is 12.5 Å². The van der Waals surface area contributed by atoms with Gasteiger partial charge in [0.05, 0.1) is 30.2 Å². The molecular formula is C27H32N3O3+. The molecule has 33 heavy (non-hydrogen) atoms. The minimum absolute atomic E-state index is 0.312. The highest BCUT2D eigenvalue weighted by Crippen LogP contribution is 2.44. The van der Waals surface area contributed by atoms with Crippen LogP contribution in [0.4, 0.5) is 5.69 Å². The number of hydrogen-bond donors (Lipinski definition) is 1. The molecule has 6 nitrogen and oxygen atoms in total. The Morgan fingerprint density at radius 3 is 2.73 bits per heavy atom. The van der Waals surface area contributed by atoms with E-state index in [1.807, 2.05) is 0 Å². The summed E-state index contributed by atoms with van der Waals surface area (Å²) >= 11 is 0. The summed E-state index contributed by atoms with van der Waals surface area (Å²) < 4.78 is 19.7. The molecule has 6 heteroatoms. The Kier molecular flexibility index (Phi) is 5.25. The first kappa shape index (κ1) is 20.6. The maximum absolute atomic E-state index is 5.86. The van der Waals surface area contributed by atoms with Crippen molar-refractivity contribution in [2.75, 3.05) is 38.4 Å².